The molecule has 4 fully saturated rings. The summed E-state index contributed by atoms with van der Waals surface area (Å²) in [6, 6.07) is 9.56. The van der Waals surface area contributed by atoms with Gasteiger partial charge in [0.25, 0.3) is 0 Å². The summed E-state index contributed by atoms with van der Waals surface area (Å²) in [6.45, 7) is 14.3. The van der Waals surface area contributed by atoms with Crippen molar-refractivity contribution in [3.8, 4) is 34.1 Å². The summed E-state index contributed by atoms with van der Waals surface area (Å²) in [4.78, 5) is 55.6. The van der Waals surface area contributed by atoms with Crippen LogP contribution in [0.5, 0.6) is 11.8 Å². The minimum Gasteiger partial charge on any atom is -0.486 e. The highest BCUT2D eigenvalue weighted by Crippen LogP contribution is 2.54. The van der Waals surface area contributed by atoms with Crippen molar-refractivity contribution in [1.82, 2.24) is 45.0 Å². The molecule has 386 valence electrons. The van der Waals surface area contributed by atoms with Crippen molar-refractivity contribution < 1.29 is 47.6 Å². The zero-order valence-corrected chi connectivity index (χ0v) is 42.7. The van der Waals surface area contributed by atoms with Crippen LogP contribution in [0, 0.1) is 18.7 Å². The molecule has 6 atom stereocenters. The number of carbonyl (C=O) groups excluding carboxylic acids is 3. The summed E-state index contributed by atoms with van der Waals surface area (Å²) in [5.41, 5.74) is 5.29. The first-order valence-electron chi connectivity index (χ1n) is 25.0. The third kappa shape index (κ3) is 9.62. The number of amides is 2. The number of halogens is 1. The van der Waals surface area contributed by atoms with Crippen molar-refractivity contribution in [2.24, 2.45) is 5.92 Å². The number of carbonyl (C=O) groups is 3. The molecule has 20 heteroatoms. The van der Waals surface area contributed by atoms with Gasteiger partial charge >= 0.3 is 18.1 Å². The number of β-amino-alcohol motifs (C(OH)–C–C–N with tert-alkyl or cyclic N) is 1. The fourth-order valence-electron chi connectivity index (χ4n) is 10.6. The van der Waals surface area contributed by atoms with Crippen molar-refractivity contribution in [2.75, 3.05) is 45.4 Å². The average Bonchev–Trinajstić information content (AvgIpc) is 3.83. The van der Waals surface area contributed by atoms with E-state index in [-0.39, 0.29) is 80.0 Å². The molecule has 4 aliphatic rings. The fourth-order valence-corrected chi connectivity index (χ4v) is 10.6. The summed E-state index contributed by atoms with van der Waals surface area (Å²) >= 11 is 0. The molecule has 6 heterocycles. The number of nitrogens with one attached hydrogen (secondary N) is 1. The number of nitrogens with zero attached hydrogens (tertiary/aromatic N) is 9. The Balaban J connectivity index is 1.03. The lowest BCUT2D eigenvalue weighted by molar-refractivity contribution is -0.152. The number of aliphatic hydroxyl groups is 1. The molecule has 0 unspecified atom stereocenters. The van der Waals surface area contributed by atoms with E-state index >= 15 is 4.39 Å². The fraction of sp³-hybridized carbons (Fsp3) is 0.509. The van der Waals surface area contributed by atoms with Crippen molar-refractivity contribution in [3.63, 3.8) is 0 Å². The predicted molar refractivity (Wildman–Crippen MR) is 268 cm³/mol. The van der Waals surface area contributed by atoms with E-state index in [1.165, 1.54) is 22.8 Å². The summed E-state index contributed by atoms with van der Waals surface area (Å²) in [7, 11) is 2.88. The summed E-state index contributed by atoms with van der Waals surface area (Å²) in [5.74, 6) is -0.295. The number of likely N-dealkylation sites (tertiary alicyclic amines) is 2. The molecule has 1 saturated carbocycles. The van der Waals surface area contributed by atoms with Gasteiger partial charge in [-0.3, -0.25) is 9.89 Å². The maximum atomic E-state index is 16.1. The van der Waals surface area contributed by atoms with Crippen LogP contribution in [0.2, 0.25) is 0 Å². The van der Waals surface area contributed by atoms with E-state index in [0.717, 1.165) is 52.3 Å². The molecule has 0 radical (unpaired) electrons. The van der Waals surface area contributed by atoms with E-state index in [9.17, 15) is 19.5 Å². The number of ether oxygens (including phenoxy) is 5. The lowest BCUT2D eigenvalue weighted by atomic mass is 9.88. The van der Waals surface area contributed by atoms with Crippen LogP contribution in [0.25, 0.3) is 44.2 Å². The van der Waals surface area contributed by atoms with E-state index in [4.69, 9.17) is 33.7 Å². The monoisotopic (exact) mass is 1000 g/mol. The normalized spacial score (nSPS) is 20.6. The minimum absolute atomic E-state index is 0.0108. The predicted octanol–water partition coefficient (Wildman–Crippen LogP) is 7.28. The smallest absolute Gasteiger partial charge is 0.410 e. The van der Waals surface area contributed by atoms with Crippen LogP contribution in [0.3, 0.4) is 0 Å². The number of H-pyrrole nitrogens is 1. The van der Waals surface area contributed by atoms with Gasteiger partial charge in [-0.05, 0) is 94.5 Å². The van der Waals surface area contributed by atoms with Crippen LogP contribution in [0.15, 0.2) is 48.8 Å². The number of methoxy groups -OCH3 is 2. The Kier molecular flexibility index (Phi) is 13.3. The Morgan fingerprint density at radius 1 is 0.932 bits per heavy atom. The third-order valence-corrected chi connectivity index (χ3v) is 14.5. The van der Waals surface area contributed by atoms with E-state index in [1.54, 1.807) is 26.4 Å². The molecule has 3 aliphatic heterocycles. The van der Waals surface area contributed by atoms with E-state index < -0.39 is 29.8 Å². The number of aliphatic hydroxyl groups excluding tert-OH is 1. The second kappa shape index (κ2) is 19.5. The first kappa shape index (κ1) is 49.6. The number of esters is 1. The number of benzene rings is 3. The maximum Gasteiger partial charge on any atom is 0.410 e. The Bertz CT molecular complexity index is 3080. The van der Waals surface area contributed by atoms with Gasteiger partial charge in [-0.25, -0.2) is 18.7 Å². The molecule has 1 aliphatic carbocycles. The number of aromatic nitrogens is 7. The molecule has 19 nitrogen and oxygen atoms in total. The van der Waals surface area contributed by atoms with Crippen LogP contribution < -0.4 is 14.4 Å². The topological polar surface area (TPSA) is 212 Å². The van der Waals surface area contributed by atoms with Gasteiger partial charge in [0.2, 0.25) is 5.91 Å². The highest BCUT2D eigenvalue weighted by molar-refractivity contribution is 6.06. The molecular formula is C53H63FN10O9. The molecule has 2 N–H and O–H groups in total. The van der Waals surface area contributed by atoms with Crippen molar-refractivity contribution in [1.29, 1.82) is 0 Å². The molecule has 3 aromatic heterocycles. The van der Waals surface area contributed by atoms with Gasteiger partial charge in [-0.1, -0.05) is 43.3 Å². The van der Waals surface area contributed by atoms with E-state index in [0.29, 0.717) is 52.5 Å². The molecular weight excluding hydrogens is 940 g/mol. The van der Waals surface area contributed by atoms with E-state index in [1.807, 2.05) is 70.7 Å². The highest BCUT2D eigenvalue weighted by atomic mass is 19.1. The third-order valence-electron chi connectivity index (χ3n) is 14.5. The van der Waals surface area contributed by atoms with Crippen molar-refractivity contribution in [3.05, 3.63) is 71.3 Å². The molecule has 2 bridgehead atoms. The molecule has 2 amide bonds. The Labute approximate surface area is 422 Å². The Hall–Kier alpha value is -6.93. The lowest BCUT2D eigenvalue weighted by Gasteiger charge is -2.36. The first-order valence-corrected chi connectivity index (χ1v) is 25.0. The van der Waals surface area contributed by atoms with Gasteiger partial charge in [0.1, 0.15) is 53.7 Å². The maximum absolute atomic E-state index is 16.1. The van der Waals surface area contributed by atoms with Crippen molar-refractivity contribution >= 4 is 45.6 Å². The van der Waals surface area contributed by atoms with Gasteiger partial charge < -0.3 is 43.5 Å². The SMILES string of the molecule is COC(=O)[C@@H]1C[C@@H](O)CN1C(=O)[C@H](C(C)C)n1cc(-c2ccc(COc3c(-c4c(C)c(F)cc5[nH]ncc45)c(C4CC4)cc4c(N5C[C@@H]6C[C@H]5CN6C(=O)OC(C)(C)C)nc(OC[C@H](C)OC)nc34)cc2)nn1. The van der Waals surface area contributed by atoms with Crippen LogP contribution in [0.1, 0.15) is 95.9 Å². The number of piperazine rings is 1. The van der Waals surface area contributed by atoms with Gasteiger partial charge in [0.15, 0.2) is 5.75 Å². The second-order valence-electron chi connectivity index (χ2n) is 21.2. The van der Waals surface area contributed by atoms with Crippen LogP contribution in [0.4, 0.5) is 15.0 Å². The first-order chi connectivity index (χ1) is 34.9. The minimum atomic E-state index is -0.894. The number of hydrogen-bond donors (Lipinski definition) is 2. The molecule has 10 rings (SSSR count). The molecule has 3 saturated heterocycles. The van der Waals surface area contributed by atoms with E-state index in [2.05, 4.69) is 31.5 Å². The van der Waals surface area contributed by atoms with Crippen molar-refractivity contribution in [2.45, 2.75) is 129 Å². The number of rotatable bonds is 15. The van der Waals surface area contributed by atoms with Crippen LogP contribution in [-0.2, 0) is 30.4 Å². The molecule has 6 aromatic rings. The van der Waals surface area contributed by atoms with Gasteiger partial charge in [-0.15, -0.1) is 5.10 Å². The summed E-state index contributed by atoms with van der Waals surface area (Å²) in [6.07, 6.45) is 4.67. The molecule has 73 heavy (non-hydrogen) atoms. The van der Waals surface area contributed by atoms with Gasteiger partial charge in [-0.2, -0.15) is 15.1 Å². The number of anilines is 1. The molecule has 0 spiro atoms. The second-order valence-corrected chi connectivity index (χ2v) is 21.2. The number of fused-ring (bicyclic) bond motifs is 4. The number of hydrogen-bond acceptors (Lipinski definition) is 15. The van der Waals surface area contributed by atoms with Gasteiger partial charge in [0.05, 0.1) is 49.3 Å². The standard InChI is InChI=1S/C53H63FN10O9/c1-27(2)46(49(66)63-23-35(65)17-42(63)50(67)70-9)64-24-41(59-60-64)32-12-10-30(11-13-32)26-71-47-44(43-29(4)39(54)19-40-38(43)20-55-58-40)36(31-14-15-31)18-37-45(47)56-51(72-25-28(3)69-8)57-48(37)61-21-34-16-33(61)22-62(34)52(68)73-53(5,6)7/h10-13,18-20,24,27-28,31,33-35,42,46,65H,14-17,21-23,25-26H2,1-9H3,(H,55,58)/t28-,33-,34-,35+,42-,46-/m0/s1. The Morgan fingerprint density at radius 3 is 2.37 bits per heavy atom. The zero-order valence-electron chi connectivity index (χ0n) is 42.7. The van der Waals surface area contributed by atoms with Gasteiger partial charge in [0, 0.05) is 60.6 Å². The quantitative estimate of drug-likeness (QED) is 0.0968. The summed E-state index contributed by atoms with van der Waals surface area (Å²) < 4.78 is 47.3. The zero-order chi connectivity index (χ0) is 51.6. The lowest BCUT2D eigenvalue weighted by Crippen LogP contribution is -2.50. The number of aromatic amines is 1. The van der Waals surface area contributed by atoms with Crippen LogP contribution >= 0.6 is 0 Å². The van der Waals surface area contributed by atoms with Crippen LogP contribution in [-0.4, -0.2) is 144 Å². The average molecular weight is 1000 g/mol. The summed E-state index contributed by atoms with van der Waals surface area (Å²) in [5, 5.41) is 28.0. The molecule has 3 aromatic carbocycles. The highest BCUT2D eigenvalue weighted by Gasteiger charge is 2.48. The largest absolute Gasteiger partial charge is 0.486 e. The Morgan fingerprint density at radius 2 is 1.70 bits per heavy atom.